The number of hydrogen-bond acceptors (Lipinski definition) is 4. The van der Waals surface area contributed by atoms with Gasteiger partial charge in [-0.15, -0.1) is 0 Å². The number of rotatable bonds is 10. The quantitative estimate of drug-likeness (QED) is 0.440. The van der Waals surface area contributed by atoms with Crippen LogP contribution in [0, 0.1) is 5.82 Å². The predicted octanol–water partition coefficient (Wildman–Crippen LogP) is 4.50. The molecule has 7 nitrogen and oxygen atoms in total. The van der Waals surface area contributed by atoms with Gasteiger partial charge in [-0.25, -0.2) is 12.8 Å². The van der Waals surface area contributed by atoms with Gasteiger partial charge in [0.2, 0.25) is 21.8 Å². The van der Waals surface area contributed by atoms with Crippen LogP contribution in [0.2, 0.25) is 15.1 Å². The van der Waals surface area contributed by atoms with E-state index in [1.54, 1.807) is 0 Å². The number of carbonyl (C=O) groups excluding carboxylic acids is 2. The molecule has 0 bridgehead atoms. The second kappa shape index (κ2) is 12.1. The van der Waals surface area contributed by atoms with E-state index in [0.29, 0.717) is 18.5 Å². The van der Waals surface area contributed by atoms with Gasteiger partial charge in [0.05, 0.1) is 27.0 Å². The zero-order valence-corrected chi connectivity index (χ0v) is 21.9. The summed E-state index contributed by atoms with van der Waals surface area (Å²) in [5.41, 5.74) is 0.528. The summed E-state index contributed by atoms with van der Waals surface area (Å²) in [5, 5.41) is 2.87. The van der Waals surface area contributed by atoms with Crippen LogP contribution in [-0.2, 0) is 26.2 Å². The molecule has 2 amide bonds. The van der Waals surface area contributed by atoms with Crippen molar-refractivity contribution in [3.63, 3.8) is 0 Å². The molecule has 1 N–H and O–H groups in total. The van der Waals surface area contributed by atoms with Crippen LogP contribution in [0.25, 0.3) is 0 Å². The van der Waals surface area contributed by atoms with Crippen molar-refractivity contribution < 1.29 is 22.4 Å². The maximum Gasteiger partial charge on any atom is 0.244 e. The van der Waals surface area contributed by atoms with Gasteiger partial charge in [-0.1, -0.05) is 53.9 Å². The summed E-state index contributed by atoms with van der Waals surface area (Å²) >= 11 is 18.2. The number of carbonyl (C=O) groups is 2. The lowest BCUT2D eigenvalue weighted by atomic mass is 10.1. The van der Waals surface area contributed by atoms with Crippen LogP contribution in [0.1, 0.15) is 25.8 Å². The van der Waals surface area contributed by atoms with Crippen molar-refractivity contribution in [2.24, 2.45) is 0 Å². The van der Waals surface area contributed by atoms with Crippen molar-refractivity contribution in [1.82, 2.24) is 10.2 Å². The Balaban J connectivity index is 2.43. The fraction of sp³-hybridized carbons (Fsp3) is 0.364. The number of nitrogens with one attached hydrogen (secondary N) is 1. The molecule has 0 aromatic heterocycles. The van der Waals surface area contributed by atoms with Crippen molar-refractivity contribution in [3.05, 3.63) is 62.8 Å². The average Bonchev–Trinajstić information content (AvgIpc) is 2.76. The van der Waals surface area contributed by atoms with Crippen LogP contribution >= 0.6 is 34.8 Å². The van der Waals surface area contributed by atoms with Gasteiger partial charge in [0, 0.05) is 13.1 Å². The molecule has 186 valence electrons. The van der Waals surface area contributed by atoms with Gasteiger partial charge in [0.15, 0.2) is 0 Å². The van der Waals surface area contributed by atoms with E-state index in [9.17, 15) is 22.4 Å². The molecule has 0 aliphatic carbocycles. The van der Waals surface area contributed by atoms with Crippen LogP contribution < -0.4 is 9.62 Å². The maximum atomic E-state index is 13.4. The van der Waals surface area contributed by atoms with Crippen LogP contribution in [0.5, 0.6) is 0 Å². The normalized spacial score (nSPS) is 12.2. The zero-order chi connectivity index (χ0) is 25.6. The summed E-state index contributed by atoms with van der Waals surface area (Å²) in [6, 6.07) is 7.03. The molecular weight excluding hydrogens is 528 g/mol. The third kappa shape index (κ3) is 7.46. The SMILES string of the molecule is CCCNC(=O)[C@@H](C)N(Cc1ccc(F)cc1)C(=O)CN(c1cc(Cl)c(Cl)cc1Cl)S(C)(=O)=O. The topological polar surface area (TPSA) is 86.8 Å². The molecule has 0 spiro atoms. The first-order valence-electron chi connectivity index (χ1n) is 10.3. The molecule has 1 atom stereocenters. The summed E-state index contributed by atoms with van der Waals surface area (Å²) in [7, 11) is -3.99. The Morgan fingerprint density at radius 3 is 2.21 bits per heavy atom. The molecule has 0 aliphatic heterocycles. The summed E-state index contributed by atoms with van der Waals surface area (Å²) < 4.78 is 39.3. The van der Waals surface area contributed by atoms with E-state index in [-0.39, 0.29) is 27.3 Å². The second-order valence-electron chi connectivity index (χ2n) is 7.60. The molecule has 12 heteroatoms. The first kappa shape index (κ1) is 28.2. The van der Waals surface area contributed by atoms with E-state index in [2.05, 4.69) is 5.32 Å². The predicted molar refractivity (Wildman–Crippen MR) is 133 cm³/mol. The molecule has 0 unspecified atom stereocenters. The number of anilines is 1. The van der Waals surface area contributed by atoms with Crippen molar-refractivity contribution >= 4 is 62.3 Å². The average molecular weight is 553 g/mol. The minimum absolute atomic E-state index is 0.0218. The number of benzene rings is 2. The van der Waals surface area contributed by atoms with Crippen molar-refractivity contribution in [1.29, 1.82) is 0 Å². The Hall–Kier alpha value is -2.07. The third-order valence-corrected chi connectivity index (χ3v) is 7.07. The number of amides is 2. The van der Waals surface area contributed by atoms with Crippen LogP contribution in [0.15, 0.2) is 36.4 Å². The van der Waals surface area contributed by atoms with Gasteiger partial charge in [0.1, 0.15) is 18.4 Å². The Labute approximate surface area is 213 Å². The smallest absolute Gasteiger partial charge is 0.244 e. The van der Waals surface area contributed by atoms with E-state index in [4.69, 9.17) is 34.8 Å². The molecule has 0 heterocycles. The third-order valence-electron chi connectivity index (χ3n) is 4.92. The largest absolute Gasteiger partial charge is 0.354 e. The standard InChI is InChI=1S/C22H25Cl3FN3O4S/c1-4-9-27-22(31)14(2)28(12-15-5-7-16(26)8-6-15)21(30)13-29(34(3,32)33)20-11-18(24)17(23)10-19(20)25/h5-8,10-11,14H,4,9,12-13H2,1-3H3,(H,27,31)/t14-/m1/s1. The minimum Gasteiger partial charge on any atom is -0.354 e. The molecule has 0 aliphatic rings. The summed E-state index contributed by atoms with van der Waals surface area (Å²) in [6.45, 7) is 3.13. The Morgan fingerprint density at radius 1 is 1.06 bits per heavy atom. The van der Waals surface area contributed by atoms with Gasteiger partial charge >= 0.3 is 0 Å². The van der Waals surface area contributed by atoms with Gasteiger partial charge in [0.25, 0.3) is 0 Å². The first-order valence-corrected chi connectivity index (χ1v) is 13.3. The Bertz CT molecular complexity index is 1150. The van der Waals surface area contributed by atoms with Crippen molar-refractivity contribution in [2.45, 2.75) is 32.9 Å². The lowest BCUT2D eigenvalue weighted by molar-refractivity contribution is -0.139. The zero-order valence-electron chi connectivity index (χ0n) is 18.8. The highest BCUT2D eigenvalue weighted by Crippen LogP contribution is 2.35. The Morgan fingerprint density at radius 2 is 1.65 bits per heavy atom. The van der Waals surface area contributed by atoms with Gasteiger partial charge in [-0.3, -0.25) is 13.9 Å². The lowest BCUT2D eigenvalue weighted by Gasteiger charge is -2.31. The molecule has 2 rings (SSSR count). The molecule has 0 radical (unpaired) electrons. The van der Waals surface area contributed by atoms with Crippen LogP contribution in [0.3, 0.4) is 0 Å². The summed E-state index contributed by atoms with van der Waals surface area (Å²) in [5.74, 6) is -1.53. The fourth-order valence-corrected chi connectivity index (χ4v) is 4.61. The van der Waals surface area contributed by atoms with E-state index in [1.807, 2.05) is 6.92 Å². The molecule has 0 saturated carbocycles. The van der Waals surface area contributed by atoms with E-state index in [1.165, 1.54) is 48.2 Å². The minimum atomic E-state index is -3.99. The Kier molecular flexibility index (Phi) is 9.99. The van der Waals surface area contributed by atoms with Gasteiger partial charge < -0.3 is 10.2 Å². The molecule has 2 aromatic rings. The number of halogens is 4. The monoisotopic (exact) mass is 551 g/mol. The molecule has 0 saturated heterocycles. The van der Waals surface area contributed by atoms with Crippen molar-refractivity contribution in [2.75, 3.05) is 23.7 Å². The van der Waals surface area contributed by atoms with Crippen LogP contribution in [0.4, 0.5) is 10.1 Å². The molecule has 0 fully saturated rings. The van der Waals surface area contributed by atoms with E-state index >= 15 is 0 Å². The molecular formula is C22H25Cl3FN3O4S. The van der Waals surface area contributed by atoms with Gasteiger partial charge in [-0.2, -0.15) is 0 Å². The van der Waals surface area contributed by atoms with Crippen LogP contribution in [-0.4, -0.2) is 50.5 Å². The van der Waals surface area contributed by atoms with Crippen molar-refractivity contribution in [3.8, 4) is 0 Å². The summed E-state index contributed by atoms with van der Waals surface area (Å²) in [4.78, 5) is 27.2. The first-order chi connectivity index (χ1) is 15.8. The second-order valence-corrected chi connectivity index (χ2v) is 10.7. The maximum absolute atomic E-state index is 13.4. The number of sulfonamides is 1. The lowest BCUT2D eigenvalue weighted by Crippen LogP contribution is -2.51. The fourth-order valence-electron chi connectivity index (χ4n) is 3.06. The van der Waals surface area contributed by atoms with Gasteiger partial charge in [-0.05, 0) is 43.2 Å². The van der Waals surface area contributed by atoms with E-state index in [0.717, 1.165) is 10.6 Å². The number of hydrogen-bond donors (Lipinski definition) is 1. The number of nitrogens with zero attached hydrogens (tertiary/aromatic N) is 2. The molecule has 34 heavy (non-hydrogen) atoms. The highest BCUT2D eigenvalue weighted by molar-refractivity contribution is 7.92. The highest BCUT2D eigenvalue weighted by Gasteiger charge is 2.31. The van der Waals surface area contributed by atoms with E-state index < -0.39 is 40.2 Å². The summed E-state index contributed by atoms with van der Waals surface area (Å²) in [6.07, 6.45) is 1.61. The highest BCUT2D eigenvalue weighted by atomic mass is 35.5. The molecule has 2 aromatic carbocycles.